The zero-order chi connectivity index (χ0) is 9.45. The quantitative estimate of drug-likeness (QED) is 0.601. The van der Waals surface area contributed by atoms with Gasteiger partial charge in [0.2, 0.25) is 0 Å². The van der Waals surface area contributed by atoms with Crippen LogP contribution in [0.5, 0.6) is 0 Å². The van der Waals surface area contributed by atoms with Crippen molar-refractivity contribution in [2.24, 2.45) is 0 Å². The molecule has 4 heteroatoms. The van der Waals surface area contributed by atoms with E-state index >= 15 is 0 Å². The topological polar surface area (TPSA) is 18.5 Å². The Kier molecular flexibility index (Phi) is 7.35. The van der Waals surface area contributed by atoms with Gasteiger partial charge < -0.3 is 9.05 Å². The van der Waals surface area contributed by atoms with Gasteiger partial charge in [0.1, 0.15) is 0 Å². The van der Waals surface area contributed by atoms with Crippen LogP contribution in [0.1, 0.15) is 33.6 Å². The van der Waals surface area contributed by atoms with Crippen LogP contribution in [0.3, 0.4) is 0 Å². The highest BCUT2D eigenvalue weighted by Gasteiger charge is 2.14. The Balaban J connectivity index is 3.79. The first kappa shape index (κ1) is 12.6. The average Bonchev–Trinajstić information content (AvgIpc) is 2.11. The summed E-state index contributed by atoms with van der Waals surface area (Å²) in [5.41, 5.74) is 0. The van der Waals surface area contributed by atoms with Crippen LogP contribution in [-0.2, 0) is 20.9 Å². The monoisotopic (exact) mass is 210 g/mol. The molecule has 0 aromatic heterocycles. The van der Waals surface area contributed by atoms with E-state index in [1.54, 1.807) is 0 Å². The molecule has 0 spiro atoms. The minimum absolute atomic E-state index is 0.731. The molecule has 0 saturated heterocycles. The maximum Gasteiger partial charge on any atom is 0.188 e. The molecule has 0 bridgehead atoms. The van der Waals surface area contributed by atoms with Crippen molar-refractivity contribution in [3.05, 3.63) is 0 Å². The van der Waals surface area contributed by atoms with Gasteiger partial charge in [-0.3, -0.25) is 0 Å². The molecule has 0 atom stereocenters. The van der Waals surface area contributed by atoms with Crippen LogP contribution in [0.2, 0.25) is 0 Å². The van der Waals surface area contributed by atoms with Crippen molar-refractivity contribution in [3.8, 4) is 0 Å². The molecule has 2 nitrogen and oxygen atoms in total. The Labute approximate surface area is 80.8 Å². The maximum absolute atomic E-state index is 5.53. The van der Waals surface area contributed by atoms with Gasteiger partial charge in [0.05, 0.1) is 13.2 Å². The van der Waals surface area contributed by atoms with E-state index in [1.165, 1.54) is 0 Å². The highest BCUT2D eigenvalue weighted by atomic mass is 32.5. The summed E-state index contributed by atoms with van der Waals surface area (Å²) >= 11 is 5.30. The van der Waals surface area contributed by atoms with Gasteiger partial charge in [-0.25, -0.2) is 0 Å². The molecule has 0 rings (SSSR count). The van der Waals surface area contributed by atoms with Gasteiger partial charge in [-0.15, -0.1) is 0 Å². The molecular weight excluding hydrogens is 191 g/mol. The van der Waals surface area contributed by atoms with E-state index in [2.05, 4.69) is 13.8 Å². The average molecular weight is 210 g/mol. The standard InChI is InChI=1S/C8H19O2PS/c1-4-7-9-11(12,6-3)10-8-5-2/h4-8H2,1-3H3. The van der Waals surface area contributed by atoms with Crippen molar-refractivity contribution in [2.75, 3.05) is 19.4 Å². The second kappa shape index (κ2) is 7.02. The van der Waals surface area contributed by atoms with Crippen molar-refractivity contribution in [1.82, 2.24) is 0 Å². The summed E-state index contributed by atoms with van der Waals surface area (Å²) in [5.74, 6) is 0. The molecule has 0 aliphatic carbocycles. The van der Waals surface area contributed by atoms with E-state index in [1.807, 2.05) is 6.92 Å². The van der Waals surface area contributed by atoms with E-state index in [0.717, 1.165) is 32.2 Å². The predicted octanol–water partition coefficient (Wildman–Crippen LogP) is 3.17. The van der Waals surface area contributed by atoms with Crippen LogP contribution < -0.4 is 0 Å². The first-order valence-corrected chi connectivity index (χ1v) is 7.39. The lowest BCUT2D eigenvalue weighted by Gasteiger charge is -2.20. The summed E-state index contributed by atoms with van der Waals surface area (Å²) in [6, 6.07) is 0. The van der Waals surface area contributed by atoms with Gasteiger partial charge >= 0.3 is 0 Å². The second-order valence-electron chi connectivity index (χ2n) is 2.59. The molecule has 74 valence electrons. The van der Waals surface area contributed by atoms with Crippen LogP contribution >= 0.6 is 6.49 Å². The Morgan fingerprint density at radius 3 is 1.67 bits per heavy atom. The summed E-state index contributed by atoms with van der Waals surface area (Å²) in [4.78, 5) is 0. The van der Waals surface area contributed by atoms with Gasteiger partial charge in [-0.2, -0.15) is 0 Å². The van der Waals surface area contributed by atoms with Crippen molar-refractivity contribution in [3.63, 3.8) is 0 Å². The maximum atomic E-state index is 5.53. The van der Waals surface area contributed by atoms with Gasteiger partial charge in [0.15, 0.2) is 6.49 Å². The van der Waals surface area contributed by atoms with Crippen molar-refractivity contribution < 1.29 is 9.05 Å². The highest BCUT2D eigenvalue weighted by Crippen LogP contribution is 2.48. The highest BCUT2D eigenvalue weighted by molar-refractivity contribution is 8.09. The van der Waals surface area contributed by atoms with Gasteiger partial charge in [-0.1, -0.05) is 20.8 Å². The molecule has 0 fully saturated rings. The van der Waals surface area contributed by atoms with Crippen molar-refractivity contribution in [2.45, 2.75) is 33.6 Å². The summed E-state index contributed by atoms with van der Waals surface area (Å²) in [6.07, 6.45) is 2.85. The molecule has 0 aromatic rings. The Bertz CT molecular complexity index is 138. The zero-order valence-electron chi connectivity index (χ0n) is 8.21. The molecule has 0 aliphatic rings. The Morgan fingerprint density at radius 2 is 1.42 bits per heavy atom. The molecule has 0 heterocycles. The smallest absolute Gasteiger partial charge is 0.188 e. The lowest BCUT2D eigenvalue weighted by Crippen LogP contribution is -1.99. The largest absolute Gasteiger partial charge is 0.329 e. The van der Waals surface area contributed by atoms with Crippen LogP contribution in [0.15, 0.2) is 0 Å². The SMILES string of the molecule is CCCOP(=S)(CC)OCCC. The van der Waals surface area contributed by atoms with Crippen LogP contribution in [0, 0.1) is 0 Å². The molecule has 0 N–H and O–H groups in total. The fraction of sp³-hybridized carbons (Fsp3) is 1.00. The van der Waals surface area contributed by atoms with E-state index in [9.17, 15) is 0 Å². The number of hydrogen-bond donors (Lipinski definition) is 0. The fourth-order valence-corrected chi connectivity index (χ4v) is 2.49. The van der Waals surface area contributed by atoms with Crippen LogP contribution in [-0.4, -0.2) is 19.4 Å². The van der Waals surface area contributed by atoms with Crippen molar-refractivity contribution in [1.29, 1.82) is 0 Å². The fourth-order valence-electron chi connectivity index (χ4n) is 0.681. The van der Waals surface area contributed by atoms with Crippen LogP contribution in [0.25, 0.3) is 0 Å². The number of hydrogen-bond acceptors (Lipinski definition) is 3. The van der Waals surface area contributed by atoms with Gasteiger partial charge in [-0.05, 0) is 24.6 Å². The molecule has 0 unspecified atom stereocenters. The van der Waals surface area contributed by atoms with Gasteiger partial charge in [0, 0.05) is 6.16 Å². The normalized spacial score (nSPS) is 11.9. The first-order valence-electron chi connectivity index (χ1n) is 4.56. The lowest BCUT2D eigenvalue weighted by atomic mass is 10.5. The molecule has 0 aromatic carbocycles. The van der Waals surface area contributed by atoms with E-state index in [-0.39, 0.29) is 0 Å². The summed E-state index contributed by atoms with van der Waals surface area (Å²) < 4.78 is 11.1. The summed E-state index contributed by atoms with van der Waals surface area (Å²) in [6.45, 7) is 5.75. The predicted molar refractivity (Wildman–Crippen MR) is 57.3 cm³/mol. The first-order chi connectivity index (χ1) is 5.68. The second-order valence-corrected chi connectivity index (χ2v) is 6.63. The Morgan fingerprint density at radius 1 is 1.00 bits per heavy atom. The van der Waals surface area contributed by atoms with Crippen molar-refractivity contribution >= 4 is 18.3 Å². The minimum Gasteiger partial charge on any atom is -0.329 e. The molecule has 0 radical (unpaired) electrons. The Hall–Kier alpha value is 0.570. The van der Waals surface area contributed by atoms with E-state index in [0.29, 0.717) is 0 Å². The van der Waals surface area contributed by atoms with Gasteiger partial charge in [0.25, 0.3) is 0 Å². The third-order valence-corrected chi connectivity index (χ3v) is 4.71. The zero-order valence-corrected chi connectivity index (χ0v) is 9.92. The van der Waals surface area contributed by atoms with Crippen LogP contribution in [0.4, 0.5) is 0 Å². The minimum atomic E-state index is -1.90. The third kappa shape index (κ3) is 5.26. The molecular formula is C8H19O2PS. The molecule has 0 saturated carbocycles. The summed E-state index contributed by atoms with van der Waals surface area (Å²) in [5, 5.41) is 0. The van der Waals surface area contributed by atoms with E-state index in [4.69, 9.17) is 20.9 Å². The molecule has 0 aliphatic heterocycles. The van der Waals surface area contributed by atoms with E-state index < -0.39 is 6.49 Å². The number of rotatable bonds is 7. The molecule has 0 amide bonds. The summed E-state index contributed by atoms with van der Waals surface area (Å²) in [7, 11) is 0. The third-order valence-electron chi connectivity index (χ3n) is 1.37. The lowest BCUT2D eigenvalue weighted by molar-refractivity contribution is 0.247. The molecule has 12 heavy (non-hydrogen) atoms.